The van der Waals surface area contributed by atoms with Gasteiger partial charge in [0.05, 0.1) is 12.0 Å². The monoisotopic (exact) mass is 430 g/mol. The van der Waals surface area contributed by atoms with E-state index < -0.39 is 16.1 Å². The molecular weight excluding hydrogens is 400 g/mol. The lowest BCUT2D eigenvalue weighted by Gasteiger charge is -2.26. The summed E-state index contributed by atoms with van der Waals surface area (Å²) in [5, 5.41) is 3.06. The van der Waals surface area contributed by atoms with Crippen LogP contribution in [0.25, 0.3) is 0 Å². The highest BCUT2D eigenvalue weighted by molar-refractivity contribution is 7.89. The van der Waals surface area contributed by atoms with Crippen molar-refractivity contribution in [2.24, 2.45) is 0 Å². The van der Waals surface area contributed by atoms with E-state index in [1.54, 1.807) is 26.2 Å². The van der Waals surface area contributed by atoms with Crippen LogP contribution in [-0.2, 0) is 21.2 Å². The maximum Gasteiger partial charge on any atom is 0.241 e. The van der Waals surface area contributed by atoms with Gasteiger partial charge in [-0.25, -0.2) is 8.42 Å². The van der Waals surface area contributed by atoms with Crippen molar-refractivity contribution in [3.63, 3.8) is 0 Å². The van der Waals surface area contributed by atoms with Crippen molar-refractivity contribution in [2.75, 3.05) is 7.11 Å². The molecule has 1 fully saturated rings. The Morgan fingerprint density at radius 3 is 2.43 bits per heavy atom. The van der Waals surface area contributed by atoms with Gasteiger partial charge in [0.2, 0.25) is 15.9 Å². The van der Waals surface area contributed by atoms with Crippen molar-refractivity contribution in [1.82, 2.24) is 10.0 Å². The van der Waals surface area contributed by atoms with Gasteiger partial charge >= 0.3 is 0 Å². The van der Waals surface area contributed by atoms with Crippen LogP contribution < -0.4 is 14.8 Å². The van der Waals surface area contributed by atoms with Crippen molar-refractivity contribution in [3.05, 3.63) is 59.7 Å². The molecule has 0 radical (unpaired) electrons. The minimum Gasteiger partial charge on any atom is -0.496 e. The zero-order chi connectivity index (χ0) is 21.6. The number of carbonyl (C=O) groups excluding carboxylic acids is 1. The number of benzene rings is 2. The van der Waals surface area contributed by atoms with Crippen molar-refractivity contribution in [3.8, 4) is 5.75 Å². The van der Waals surface area contributed by atoms with E-state index in [1.165, 1.54) is 12.5 Å². The minimum atomic E-state index is -3.88. The number of aryl methyl sites for hydroxylation is 1. The molecule has 0 aliphatic heterocycles. The Hall–Kier alpha value is -2.38. The minimum absolute atomic E-state index is 0.109. The van der Waals surface area contributed by atoms with Gasteiger partial charge in [-0.15, -0.1) is 0 Å². The number of sulfonamides is 1. The fourth-order valence-corrected chi connectivity index (χ4v) is 5.14. The summed E-state index contributed by atoms with van der Waals surface area (Å²) in [7, 11) is -2.34. The first-order valence-corrected chi connectivity index (χ1v) is 11.9. The van der Waals surface area contributed by atoms with E-state index in [9.17, 15) is 13.2 Å². The third-order valence-electron chi connectivity index (χ3n) is 5.52. The Bertz CT molecular complexity index is 954. The largest absolute Gasteiger partial charge is 0.496 e. The topological polar surface area (TPSA) is 84.5 Å². The summed E-state index contributed by atoms with van der Waals surface area (Å²) in [6.45, 7) is 1.79. The van der Waals surface area contributed by atoms with Gasteiger partial charge in [-0.1, -0.05) is 49.6 Å². The molecule has 30 heavy (non-hydrogen) atoms. The Kier molecular flexibility index (Phi) is 7.50. The quantitative estimate of drug-likeness (QED) is 0.673. The zero-order valence-electron chi connectivity index (χ0n) is 17.6. The van der Waals surface area contributed by atoms with Gasteiger partial charge in [-0.3, -0.25) is 4.79 Å². The van der Waals surface area contributed by atoms with Gasteiger partial charge in [0.15, 0.2) is 0 Å². The lowest BCUT2D eigenvalue weighted by Crippen LogP contribution is -2.50. The zero-order valence-corrected chi connectivity index (χ0v) is 18.4. The first-order valence-electron chi connectivity index (χ1n) is 10.4. The summed E-state index contributed by atoms with van der Waals surface area (Å²) in [4.78, 5) is 13.1. The van der Waals surface area contributed by atoms with Crippen LogP contribution in [0.4, 0.5) is 0 Å². The summed E-state index contributed by atoms with van der Waals surface area (Å²) in [5.74, 6) is 0.337. The molecule has 3 rings (SSSR count). The molecule has 162 valence electrons. The summed E-state index contributed by atoms with van der Waals surface area (Å²) in [6.07, 6.45) is 5.52. The van der Waals surface area contributed by atoms with E-state index in [-0.39, 0.29) is 23.3 Å². The predicted molar refractivity (Wildman–Crippen MR) is 117 cm³/mol. The fraction of sp³-hybridized carbons (Fsp3) is 0.435. The molecule has 6 nitrogen and oxygen atoms in total. The molecule has 1 unspecified atom stereocenters. The van der Waals surface area contributed by atoms with Crippen molar-refractivity contribution in [1.29, 1.82) is 0 Å². The van der Waals surface area contributed by atoms with Gasteiger partial charge in [0, 0.05) is 6.04 Å². The maximum absolute atomic E-state index is 13.0. The Morgan fingerprint density at radius 2 is 1.80 bits per heavy atom. The molecule has 1 aliphatic rings. The average molecular weight is 431 g/mol. The molecule has 2 aromatic carbocycles. The van der Waals surface area contributed by atoms with Gasteiger partial charge in [0.25, 0.3) is 0 Å². The van der Waals surface area contributed by atoms with Gasteiger partial charge in [-0.2, -0.15) is 4.72 Å². The predicted octanol–water partition coefficient (Wildman–Crippen LogP) is 3.34. The first kappa shape index (κ1) is 22.3. The van der Waals surface area contributed by atoms with Crippen LogP contribution in [-0.4, -0.2) is 33.5 Å². The summed E-state index contributed by atoms with van der Waals surface area (Å²) < 4.78 is 33.9. The molecule has 7 heteroatoms. The standard InChI is InChI=1S/C23H30N2O4S/c1-17-15-20(13-14-22(17)29-2)30(27,28)25-21(16-18-9-5-3-6-10-18)23(26)24-19-11-7-4-8-12-19/h3,5-6,9-10,13-15,19,21,25H,4,7-8,11-12,16H2,1-2H3,(H,24,26). The number of nitrogens with one attached hydrogen (secondary N) is 2. The highest BCUT2D eigenvalue weighted by Gasteiger charge is 2.28. The molecule has 2 N–H and O–H groups in total. The molecule has 0 spiro atoms. The smallest absolute Gasteiger partial charge is 0.241 e. The molecule has 1 aliphatic carbocycles. The van der Waals surface area contributed by atoms with Crippen LogP contribution in [0.1, 0.15) is 43.2 Å². The molecule has 2 aromatic rings. The van der Waals surface area contributed by atoms with Crippen molar-refractivity contribution < 1.29 is 17.9 Å². The van der Waals surface area contributed by atoms with E-state index in [2.05, 4.69) is 10.0 Å². The van der Waals surface area contributed by atoms with Crippen LogP contribution in [0, 0.1) is 6.92 Å². The van der Waals surface area contributed by atoms with Gasteiger partial charge in [-0.05, 0) is 55.5 Å². The van der Waals surface area contributed by atoms with Crippen molar-refractivity contribution >= 4 is 15.9 Å². The molecule has 0 aromatic heterocycles. The molecule has 0 bridgehead atoms. The van der Waals surface area contributed by atoms with E-state index in [1.807, 2.05) is 30.3 Å². The molecule has 1 atom stereocenters. The number of carbonyl (C=O) groups is 1. The number of ether oxygens (including phenoxy) is 1. The third-order valence-corrected chi connectivity index (χ3v) is 6.99. The summed E-state index contributed by atoms with van der Waals surface area (Å²) in [6, 6.07) is 13.3. The highest BCUT2D eigenvalue weighted by atomic mass is 32.2. The van der Waals surface area contributed by atoms with Crippen LogP contribution >= 0.6 is 0 Å². The Balaban J connectivity index is 1.81. The average Bonchev–Trinajstić information content (AvgIpc) is 2.74. The van der Waals surface area contributed by atoms with Crippen LogP contribution in [0.5, 0.6) is 5.75 Å². The first-order chi connectivity index (χ1) is 14.4. The number of rotatable bonds is 8. The second kappa shape index (κ2) is 10.1. The normalized spacial score (nSPS) is 16.1. The Labute approximate surface area is 179 Å². The molecule has 0 heterocycles. The molecule has 1 saturated carbocycles. The maximum atomic E-state index is 13.0. The van der Waals surface area contributed by atoms with Crippen LogP contribution in [0.15, 0.2) is 53.4 Å². The Morgan fingerprint density at radius 1 is 1.10 bits per heavy atom. The lowest BCUT2D eigenvalue weighted by atomic mass is 9.95. The van der Waals surface area contributed by atoms with Crippen LogP contribution in [0.3, 0.4) is 0 Å². The van der Waals surface area contributed by atoms with Gasteiger partial charge < -0.3 is 10.1 Å². The molecule has 1 amide bonds. The highest BCUT2D eigenvalue weighted by Crippen LogP contribution is 2.22. The SMILES string of the molecule is COc1ccc(S(=O)(=O)NC(Cc2ccccc2)C(=O)NC2CCCCC2)cc1C. The summed E-state index contributed by atoms with van der Waals surface area (Å²) >= 11 is 0. The van der Waals surface area contributed by atoms with Crippen LogP contribution in [0.2, 0.25) is 0 Å². The van der Waals surface area contributed by atoms with E-state index in [4.69, 9.17) is 4.74 Å². The van der Waals surface area contributed by atoms with E-state index in [0.29, 0.717) is 11.3 Å². The lowest BCUT2D eigenvalue weighted by molar-refractivity contribution is -0.123. The molecule has 0 saturated heterocycles. The fourth-order valence-electron chi connectivity index (χ4n) is 3.86. The second-order valence-electron chi connectivity index (χ2n) is 7.84. The van der Waals surface area contributed by atoms with E-state index >= 15 is 0 Å². The summed E-state index contributed by atoms with van der Waals surface area (Å²) in [5.41, 5.74) is 1.61. The number of amides is 1. The second-order valence-corrected chi connectivity index (χ2v) is 9.55. The van der Waals surface area contributed by atoms with E-state index in [0.717, 1.165) is 31.2 Å². The number of hydrogen-bond donors (Lipinski definition) is 2. The number of methoxy groups -OCH3 is 1. The number of hydrogen-bond acceptors (Lipinski definition) is 4. The van der Waals surface area contributed by atoms with Gasteiger partial charge in [0.1, 0.15) is 11.8 Å². The molecular formula is C23H30N2O4S. The van der Waals surface area contributed by atoms with Crippen molar-refractivity contribution in [2.45, 2.75) is 62.4 Å². The third kappa shape index (κ3) is 5.83.